The number of nitrogens with two attached hydrogens (primary N) is 4. The van der Waals surface area contributed by atoms with E-state index in [0.717, 1.165) is 12.8 Å². The van der Waals surface area contributed by atoms with E-state index in [4.69, 9.17) is 22.9 Å². The van der Waals surface area contributed by atoms with Crippen LogP contribution >= 0.6 is 0 Å². The van der Waals surface area contributed by atoms with Gasteiger partial charge in [0.1, 0.15) is 54.4 Å². The number of carbonyl (C=O) groups is 10. The zero-order chi connectivity index (χ0) is 57.7. The largest absolute Gasteiger partial charge is 0.368 e. The van der Waals surface area contributed by atoms with E-state index in [9.17, 15) is 47.9 Å². The number of carbonyl (C=O) groups excluding carboxylic acids is 10. The standard InChI is InChI=1S/C53H93N13O10/c1-11-13-15-20-42(67)59-36(21-24-54)47(70)66-44(33(9)12-2)53(76)61-37(22-25-55)46(69)63-41(29-35-18-16-14-17-19-35)51(74)62-40(28-31(5)6)50(73)60-38(23-26-56)48(71)65-43(32(7)8)52(75)64-39(27-30(3)4)49(72)58-34(10)45(57)68/h14,16-19,30-34,36-41,43-44H,11-13,15,20-29,54-56H2,1-10H3,(H2,57,68)(H,58,72)(H,59,67)(H,60,73)(H,61,76)(H,62,74)(H,63,69)(H,64,75)(H,65,71)(H,66,70)/t33-,34-,36-,37-,38-,39-,40-,41+,43+,44-/m0/s1. The van der Waals surface area contributed by atoms with E-state index in [1.807, 2.05) is 41.5 Å². The van der Waals surface area contributed by atoms with Gasteiger partial charge in [-0.05, 0) is 94.3 Å². The van der Waals surface area contributed by atoms with Crippen LogP contribution in [0.3, 0.4) is 0 Å². The van der Waals surface area contributed by atoms with Crippen LogP contribution in [-0.2, 0) is 54.4 Å². The molecule has 76 heavy (non-hydrogen) atoms. The van der Waals surface area contributed by atoms with Gasteiger partial charge in [0.05, 0.1) is 0 Å². The van der Waals surface area contributed by atoms with E-state index in [2.05, 4.69) is 47.9 Å². The van der Waals surface area contributed by atoms with Crippen molar-refractivity contribution >= 4 is 59.1 Å². The lowest BCUT2D eigenvalue weighted by Gasteiger charge is -2.30. The fourth-order valence-corrected chi connectivity index (χ4v) is 8.04. The van der Waals surface area contributed by atoms with Gasteiger partial charge < -0.3 is 70.8 Å². The molecule has 0 aliphatic carbocycles. The molecule has 1 aromatic carbocycles. The molecule has 10 amide bonds. The maximum atomic E-state index is 14.4. The van der Waals surface area contributed by atoms with Crippen molar-refractivity contribution in [1.82, 2.24) is 47.9 Å². The Morgan fingerprint density at radius 1 is 0.461 bits per heavy atom. The first kappa shape index (κ1) is 67.8. The number of rotatable bonds is 37. The number of nitrogens with one attached hydrogen (secondary N) is 9. The van der Waals surface area contributed by atoms with Crippen LogP contribution in [0.5, 0.6) is 0 Å². The van der Waals surface area contributed by atoms with Crippen molar-refractivity contribution in [2.75, 3.05) is 19.6 Å². The fraction of sp³-hybridized carbons (Fsp3) is 0.698. The molecule has 0 saturated carbocycles. The van der Waals surface area contributed by atoms with Crippen molar-refractivity contribution in [2.24, 2.45) is 46.6 Å². The lowest BCUT2D eigenvalue weighted by atomic mass is 9.97. The molecule has 10 atom stereocenters. The summed E-state index contributed by atoms with van der Waals surface area (Å²) in [6.45, 7) is 17.7. The van der Waals surface area contributed by atoms with Gasteiger partial charge in [0.15, 0.2) is 0 Å². The number of hydrogen-bond donors (Lipinski definition) is 13. The average Bonchev–Trinajstić information content (AvgIpc) is 3.35. The molecule has 0 fully saturated rings. The molecule has 17 N–H and O–H groups in total. The average molecular weight is 1070 g/mol. The summed E-state index contributed by atoms with van der Waals surface area (Å²) < 4.78 is 0. The third-order valence-electron chi connectivity index (χ3n) is 12.7. The summed E-state index contributed by atoms with van der Waals surface area (Å²) in [5.74, 6) is -7.91. The lowest BCUT2D eigenvalue weighted by molar-refractivity contribution is -0.136. The Hall–Kier alpha value is -6.20. The second-order valence-electron chi connectivity index (χ2n) is 20.8. The first-order valence-electron chi connectivity index (χ1n) is 27.0. The molecular formula is C53H93N13O10. The molecule has 0 unspecified atom stereocenters. The van der Waals surface area contributed by atoms with Crippen LogP contribution in [0.1, 0.15) is 139 Å². The van der Waals surface area contributed by atoms with E-state index in [-0.39, 0.29) is 82.3 Å². The Morgan fingerprint density at radius 2 is 0.855 bits per heavy atom. The zero-order valence-corrected chi connectivity index (χ0v) is 46.7. The summed E-state index contributed by atoms with van der Waals surface area (Å²) >= 11 is 0. The molecule has 0 radical (unpaired) electrons. The summed E-state index contributed by atoms with van der Waals surface area (Å²) in [5.41, 5.74) is 23.7. The maximum Gasteiger partial charge on any atom is 0.243 e. The van der Waals surface area contributed by atoms with Gasteiger partial charge >= 0.3 is 0 Å². The van der Waals surface area contributed by atoms with Gasteiger partial charge in [-0.3, -0.25) is 47.9 Å². The number of amides is 10. The highest BCUT2D eigenvalue weighted by atomic mass is 16.2. The Labute approximate surface area is 450 Å². The van der Waals surface area contributed by atoms with Gasteiger partial charge in [0, 0.05) is 12.8 Å². The first-order valence-corrected chi connectivity index (χ1v) is 27.0. The van der Waals surface area contributed by atoms with Crippen LogP contribution in [-0.4, -0.2) is 133 Å². The minimum atomic E-state index is -1.31. The van der Waals surface area contributed by atoms with E-state index >= 15 is 0 Å². The van der Waals surface area contributed by atoms with Crippen molar-refractivity contribution in [3.63, 3.8) is 0 Å². The molecule has 0 saturated heterocycles. The van der Waals surface area contributed by atoms with E-state index in [0.29, 0.717) is 18.4 Å². The predicted octanol–water partition coefficient (Wildman–Crippen LogP) is -0.482. The Kier molecular flexibility index (Phi) is 32.1. The lowest BCUT2D eigenvalue weighted by Crippen LogP contribution is -2.61. The highest BCUT2D eigenvalue weighted by Gasteiger charge is 2.36. The molecule has 0 aliphatic heterocycles. The highest BCUT2D eigenvalue weighted by molar-refractivity contribution is 5.98. The van der Waals surface area contributed by atoms with Crippen molar-refractivity contribution in [3.05, 3.63) is 35.9 Å². The van der Waals surface area contributed by atoms with Gasteiger partial charge in [-0.1, -0.05) is 112 Å². The third-order valence-corrected chi connectivity index (χ3v) is 12.7. The summed E-state index contributed by atoms with van der Waals surface area (Å²) in [6.07, 6.45) is 3.34. The number of unbranched alkanes of at least 4 members (excludes halogenated alkanes) is 2. The Bertz CT molecular complexity index is 2020. The fourth-order valence-electron chi connectivity index (χ4n) is 8.04. The summed E-state index contributed by atoms with van der Waals surface area (Å²) in [6, 6.07) is -1.75. The molecule has 0 heterocycles. The smallest absolute Gasteiger partial charge is 0.243 e. The van der Waals surface area contributed by atoms with E-state index in [1.54, 1.807) is 51.1 Å². The molecular weight excluding hydrogens is 979 g/mol. The second kappa shape index (κ2) is 35.9. The van der Waals surface area contributed by atoms with Crippen molar-refractivity contribution < 1.29 is 47.9 Å². The van der Waals surface area contributed by atoms with Crippen LogP contribution in [0.25, 0.3) is 0 Å². The van der Waals surface area contributed by atoms with Gasteiger partial charge in [0.25, 0.3) is 0 Å². The number of benzene rings is 1. The SMILES string of the molecule is CCCCCC(=O)N[C@@H](CCN)C(=O)N[C@H](C(=O)N[C@@H](CCN)C(=O)N[C@H](Cc1ccccc1)C(=O)N[C@@H](CC(C)C)C(=O)N[C@@H](CCN)C(=O)N[C@@H](C(=O)N[C@@H](CC(C)C)C(=O)N[C@@H](C)C(N)=O)C(C)C)[C@@H](C)CC. The van der Waals surface area contributed by atoms with Crippen molar-refractivity contribution in [2.45, 2.75) is 194 Å². The molecule has 23 heteroatoms. The van der Waals surface area contributed by atoms with Gasteiger partial charge in [0.2, 0.25) is 59.1 Å². The number of hydrogen-bond acceptors (Lipinski definition) is 13. The topological polar surface area (TPSA) is 383 Å². The molecule has 430 valence electrons. The molecule has 1 aromatic rings. The molecule has 0 bridgehead atoms. The quantitative estimate of drug-likeness (QED) is 0.0375. The van der Waals surface area contributed by atoms with Crippen molar-refractivity contribution in [3.8, 4) is 0 Å². The van der Waals surface area contributed by atoms with Crippen molar-refractivity contribution in [1.29, 1.82) is 0 Å². The minimum absolute atomic E-state index is 0.0450. The molecule has 0 aliphatic rings. The summed E-state index contributed by atoms with van der Waals surface area (Å²) in [4.78, 5) is 136. The van der Waals surface area contributed by atoms with Crippen LogP contribution in [0, 0.1) is 23.7 Å². The monoisotopic (exact) mass is 1070 g/mol. The minimum Gasteiger partial charge on any atom is -0.368 e. The summed E-state index contributed by atoms with van der Waals surface area (Å²) in [5, 5.41) is 24.3. The number of primary amides is 1. The first-order chi connectivity index (χ1) is 35.8. The molecule has 23 nitrogen and oxygen atoms in total. The zero-order valence-electron chi connectivity index (χ0n) is 46.7. The summed E-state index contributed by atoms with van der Waals surface area (Å²) in [7, 11) is 0. The normalized spacial score (nSPS) is 15.3. The Balaban J connectivity index is 3.47. The van der Waals surface area contributed by atoms with Gasteiger partial charge in [-0.2, -0.15) is 0 Å². The van der Waals surface area contributed by atoms with Gasteiger partial charge in [-0.15, -0.1) is 0 Å². The van der Waals surface area contributed by atoms with Crippen LogP contribution in [0.15, 0.2) is 30.3 Å². The predicted molar refractivity (Wildman–Crippen MR) is 291 cm³/mol. The van der Waals surface area contributed by atoms with Crippen LogP contribution in [0.2, 0.25) is 0 Å². The molecule has 0 spiro atoms. The maximum absolute atomic E-state index is 14.4. The van der Waals surface area contributed by atoms with Gasteiger partial charge in [-0.25, -0.2) is 0 Å². The third kappa shape index (κ3) is 25.1. The van der Waals surface area contributed by atoms with E-state index < -0.39 is 119 Å². The Morgan fingerprint density at radius 3 is 1.32 bits per heavy atom. The van der Waals surface area contributed by atoms with Crippen LogP contribution in [0.4, 0.5) is 0 Å². The van der Waals surface area contributed by atoms with E-state index in [1.165, 1.54) is 6.92 Å². The second-order valence-corrected chi connectivity index (χ2v) is 20.8. The highest BCUT2D eigenvalue weighted by Crippen LogP contribution is 2.14. The molecule has 1 rings (SSSR count). The molecule has 0 aromatic heterocycles. The van der Waals surface area contributed by atoms with Crippen LogP contribution < -0.4 is 70.8 Å².